The van der Waals surface area contributed by atoms with Crippen LogP contribution in [0.5, 0.6) is 5.75 Å². The highest BCUT2D eigenvalue weighted by molar-refractivity contribution is 6.31. The Morgan fingerprint density at radius 2 is 1.98 bits per heavy atom. The van der Waals surface area contributed by atoms with Crippen LogP contribution in [0.25, 0.3) is 10.9 Å². The van der Waals surface area contributed by atoms with Crippen LogP contribution in [0.4, 0.5) is 27.3 Å². The number of rotatable bonds is 9. The Labute approximate surface area is 237 Å². The van der Waals surface area contributed by atoms with Gasteiger partial charge in [-0.1, -0.05) is 35.9 Å². The van der Waals surface area contributed by atoms with Crippen molar-refractivity contribution >= 4 is 51.3 Å². The van der Waals surface area contributed by atoms with E-state index in [1.54, 1.807) is 30.3 Å². The topological polar surface area (TPSA) is 79.8 Å². The first kappa shape index (κ1) is 27.5. The van der Waals surface area contributed by atoms with Crippen molar-refractivity contribution in [1.29, 1.82) is 0 Å². The van der Waals surface area contributed by atoms with Gasteiger partial charge in [0.15, 0.2) is 0 Å². The lowest BCUT2D eigenvalue weighted by Gasteiger charge is -2.26. The third-order valence-corrected chi connectivity index (χ3v) is 6.57. The average Bonchev–Trinajstić information content (AvgIpc) is 3.45. The lowest BCUT2D eigenvalue weighted by atomic mass is 10.1. The third kappa shape index (κ3) is 6.39. The van der Waals surface area contributed by atoms with Gasteiger partial charge in [-0.25, -0.2) is 14.4 Å². The fraction of sp³-hybridized carbons (Fsp3) is 0.233. The van der Waals surface area contributed by atoms with Crippen LogP contribution in [-0.2, 0) is 9.53 Å². The summed E-state index contributed by atoms with van der Waals surface area (Å²) >= 11 is 6.18. The Hall–Kier alpha value is -4.05. The summed E-state index contributed by atoms with van der Waals surface area (Å²) in [6.07, 6.45) is 5.35. The molecule has 1 aliphatic rings. The SMILES string of the molecule is CN(C)CC=CC(=O)Nc1cc2c(N(c3ccccc3)c3ccc(F)c(Cl)c3)ncnc2cc1OC1CCOC1. The smallest absolute Gasteiger partial charge is 0.248 e. The van der Waals surface area contributed by atoms with E-state index in [2.05, 4.69) is 15.3 Å². The van der Waals surface area contributed by atoms with Crippen molar-refractivity contribution in [3.05, 3.63) is 90.0 Å². The highest BCUT2D eigenvalue weighted by atomic mass is 35.5. The molecule has 1 N–H and O–H groups in total. The standard InChI is InChI=1S/C30H29ClFN5O3/c1-36(2)13-6-9-29(38)35-27-16-23-26(17-28(27)40-22-12-14-39-18-22)33-19-34-30(23)37(20-7-4-3-5-8-20)21-10-11-25(32)24(31)15-21/h3-11,15-17,19,22H,12-14,18H2,1-2H3,(H,35,38). The Morgan fingerprint density at radius 3 is 2.70 bits per heavy atom. The molecule has 2 heterocycles. The summed E-state index contributed by atoms with van der Waals surface area (Å²) < 4.78 is 25.8. The Kier molecular flexibility index (Phi) is 8.54. The van der Waals surface area contributed by atoms with Gasteiger partial charge in [-0.3, -0.25) is 9.69 Å². The van der Waals surface area contributed by atoms with Crippen LogP contribution in [0.1, 0.15) is 6.42 Å². The largest absolute Gasteiger partial charge is 0.486 e. The number of hydrogen-bond acceptors (Lipinski definition) is 7. The molecule has 0 bridgehead atoms. The summed E-state index contributed by atoms with van der Waals surface area (Å²) in [5, 5.41) is 3.59. The molecule has 0 saturated carbocycles. The molecular weight excluding hydrogens is 533 g/mol. The van der Waals surface area contributed by atoms with E-state index < -0.39 is 5.82 Å². The summed E-state index contributed by atoms with van der Waals surface area (Å²) in [6, 6.07) is 17.6. The fourth-order valence-electron chi connectivity index (χ4n) is 4.37. The van der Waals surface area contributed by atoms with Gasteiger partial charge >= 0.3 is 0 Å². The summed E-state index contributed by atoms with van der Waals surface area (Å²) in [5.41, 5.74) is 2.47. The van der Waals surface area contributed by atoms with E-state index in [4.69, 9.17) is 21.1 Å². The molecule has 0 spiro atoms. The van der Waals surface area contributed by atoms with Crippen molar-refractivity contribution in [3.8, 4) is 5.75 Å². The number of carbonyl (C=O) groups is 1. The Balaban J connectivity index is 1.63. The van der Waals surface area contributed by atoms with Crippen molar-refractivity contribution in [2.24, 2.45) is 0 Å². The molecule has 1 fully saturated rings. The van der Waals surface area contributed by atoms with E-state index in [0.29, 0.717) is 53.6 Å². The van der Waals surface area contributed by atoms with Gasteiger partial charge in [-0.15, -0.1) is 0 Å². The maximum atomic E-state index is 14.1. The molecule has 1 unspecified atom stereocenters. The van der Waals surface area contributed by atoms with E-state index >= 15 is 0 Å². The normalized spacial score (nSPS) is 15.2. The maximum absolute atomic E-state index is 14.1. The van der Waals surface area contributed by atoms with Crippen molar-refractivity contribution in [2.75, 3.05) is 44.1 Å². The molecule has 8 nitrogen and oxygen atoms in total. The average molecular weight is 562 g/mol. The third-order valence-electron chi connectivity index (χ3n) is 6.28. The van der Waals surface area contributed by atoms with Crippen LogP contribution in [0.2, 0.25) is 5.02 Å². The number of para-hydroxylation sites is 1. The van der Waals surface area contributed by atoms with Crippen LogP contribution < -0.4 is 15.0 Å². The highest BCUT2D eigenvalue weighted by Gasteiger charge is 2.23. The quantitative estimate of drug-likeness (QED) is 0.247. The highest BCUT2D eigenvalue weighted by Crippen LogP contribution is 2.41. The fourth-order valence-corrected chi connectivity index (χ4v) is 4.54. The molecular formula is C30H29ClFN5O3. The van der Waals surface area contributed by atoms with E-state index in [-0.39, 0.29) is 17.0 Å². The Morgan fingerprint density at radius 1 is 1.15 bits per heavy atom. The molecule has 206 valence electrons. The number of amides is 1. The first-order valence-corrected chi connectivity index (χ1v) is 13.2. The second-order valence-electron chi connectivity index (χ2n) is 9.59. The van der Waals surface area contributed by atoms with E-state index in [1.165, 1.54) is 18.5 Å². The maximum Gasteiger partial charge on any atom is 0.248 e. The predicted octanol–water partition coefficient (Wildman–Crippen LogP) is 6.12. The number of benzene rings is 3. The zero-order valence-electron chi connectivity index (χ0n) is 22.2. The minimum absolute atomic E-state index is 0.0104. The molecule has 0 aliphatic carbocycles. The lowest BCUT2D eigenvalue weighted by molar-refractivity contribution is -0.111. The molecule has 3 aromatic carbocycles. The molecule has 1 atom stereocenters. The molecule has 10 heteroatoms. The number of carbonyl (C=O) groups excluding carboxylic acids is 1. The molecule has 0 radical (unpaired) electrons. The number of likely N-dealkylation sites (N-methyl/N-ethyl adjacent to an activating group) is 1. The second kappa shape index (κ2) is 12.4. The number of aromatic nitrogens is 2. The minimum Gasteiger partial charge on any atom is -0.486 e. The summed E-state index contributed by atoms with van der Waals surface area (Å²) in [5.74, 6) is 0.194. The first-order chi connectivity index (χ1) is 19.4. The number of hydrogen-bond donors (Lipinski definition) is 1. The second-order valence-corrected chi connectivity index (χ2v) is 10.00. The number of ether oxygens (including phenoxy) is 2. The number of nitrogens with one attached hydrogen (secondary N) is 1. The van der Waals surface area contributed by atoms with Gasteiger partial charge < -0.3 is 19.7 Å². The van der Waals surface area contributed by atoms with E-state index in [0.717, 1.165) is 12.1 Å². The predicted molar refractivity (Wildman–Crippen MR) is 155 cm³/mol. The number of fused-ring (bicyclic) bond motifs is 1. The molecule has 40 heavy (non-hydrogen) atoms. The summed E-state index contributed by atoms with van der Waals surface area (Å²) in [4.78, 5) is 25.8. The van der Waals surface area contributed by atoms with Crippen molar-refractivity contribution in [2.45, 2.75) is 12.5 Å². The van der Waals surface area contributed by atoms with E-state index in [9.17, 15) is 9.18 Å². The van der Waals surface area contributed by atoms with Crippen LogP contribution in [0.3, 0.4) is 0 Å². The van der Waals surface area contributed by atoms with Crippen molar-refractivity contribution in [1.82, 2.24) is 14.9 Å². The van der Waals surface area contributed by atoms with Gasteiger partial charge in [-0.2, -0.15) is 0 Å². The molecule has 1 aliphatic heterocycles. The van der Waals surface area contributed by atoms with Crippen LogP contribution >= 0.6 is 11.6 Å². The summed E-state index contributed by atoms with van der Waals surface area (Å²) in [7, 11) is 3.85. The number of halogens is 2. The van der Waals surface area contributed by atoms with Gasteiger partial charge in [0.25, 0.3) is 0 Å². The van der Waals surface area contributed by atoms with Gasteiger partial charge in [0.05, 0.1) is 29.4 Å². The lowest BCUT2D eigenvalue weighted by Crippen LogP contribution is -2.18. The molecule has 1 aromatic heterocycles. The molecule has 1 saturated heterocycles. The van der Waals surface area contributed by atoms with Crippen LogP contribution in [0.15, 0.2) is 79.1 Å². The number of anilines is 4. The minimum atomic E-state index is -0.518. The molecule has 1 amide bonds. The summed E-state index contributed by atoms with van der Waals surface area (Å²) in [6.45, 7) is 1.71. The zero-order chi connectivity index (χ0) is 28.1. The van der Waals surface area contributed by atoms with Crippen LogP contribution in [0, 0.1) is 5.82 Å². The Bertz CT molecular complexity index is 1530. The van der Waals surface area contributed by atoms with Gasteiger partial charge in [0, 0.05) is 41.9 Å². The first-order valence-electron chi connectivity index (χ1n) is 12.8. The monoisotopic (exact) mass is 561 g/mol. The zero-order valence-corrected chi connectivity index (χ0v) is 22.9. The van der Waals surface area contributed by atoms with E-state index in [1.807, 2.05) is 54.2 Å². The molecule has 5 rings (SSSR count). The van der Waals surface area contributed by atoms with Crippen LogP contribution in [-0.4, -0.2) is 60.7 Å². The number of nitrogens with zero attached hydrogens (tertiary/aromatic N) is 4. The van der Waals surface area contributed by atoms with Gasteiger partial charge in [0.1, 0.15) is 29.8 Å². The van der Waals surface area contributed by atoms with Crippen molar-refractivity contribution in [3.63, 3.8) is 0 Å². The van der Waals surface area contributed by atoms with Gasteiger partial charge in [-0.05, 0) is 50.5 Å². The molecule has 4 aromatic rings. The van der Waals surface area contributed by atoms with Gasteiger partial charge in [0.2, 0.25) is 5.91 Å². The van der Waals surface area contributed by atoms with Crippen molar-refractivity contribution < 1.29 is 18.7 Å².